The molecule has 0 saturated carbocycles. The Morgan fingerprint density at radius 1 is 1.56 bits per heavy atom. The minimum atomic E-state index is -0.550. The molecule has 0 aromatic heterocycles. The van der Waals surface area contributed by atoms with E-state index in [1.807, 2.05) is 0 Å². The monoisotopic (exact) mass is 230 g/mol. The van der Waals surface area contributed by atoms with Crippen molar-refractivity contribution in [3.8, 4) is 0 Å². The Morgan fingerprint density at radius 2 is 2.11 bits per heavy atom. The van der Waals surface area contributed by atoms with Gasteiger partial charge in [0.05, 0.1) is 13.2 Å². The summed E-state index contributed by atoms with van der Waals surface area (Å²) >= 11 is 3.44. The molecule has 1 atom stereocenters. The van der Waals surface area contributed by atoms with E-state index in [9.17, 15) is 0 Å². The Balaban J connectivity index is 2.19. The molecule has 1 saturated heterocycles. The van der Waals surface area contributed by atoms with Crippen LogP contribution in [-0.2, 0) is 9.47 Å². The second-order valence-corrected chi connectivity index (χ2v) is 9.88. The van der Waals surface area contributed by atoms with Crippen LogP contribution < -0.4 is 0 Å². The van der Waals surface area contributed by atoms with Gasteiger partial charge in [0.15, 0.2) is 6.29 Å². The van der Waals surface area contributed by atoms with Gasteiger partial charge in [0.1, 0.15) is 0 Å². The second kappa shape index (κ2) is 4.10. The molecule has 1 rings (SSSR count). The maximum Gasteiger partial charge on any atom is 0.162 e. The van der Waals surface area contributed by atoms with Crippen LogP contribution in [0.3, 0.4) is 0 Å². The van der Waals surface area contributed by atoms with Crippen LogP contribution >= 0.6 is 29.9 Å². The summed E-state index contributed by atoms with van der Waals surface area (Å²) in [5.74, 6) is -0.550. The Bertz CT molecular complexity index is 113. The fraction of sp³-hybridized carbons (Fsp3) is 1.00. The van der Waals surface area contributed by atoms with Crippen molar-refractivity contribution in [2.45, 2.75) is 6.29 Å². The highest BCUT2D eigenvalue weighted by Gasteiger charge is 2.15. The maximum absolute atomic E-state index is 5.21. The number of hydrogen-bond acceptors (Lipinski definition) is 2. The lowest BCUT2D eigenvalue weighted by atomic mass is 10.8. The molecule has 0 N–H and O–H groups in total. The average molecular weight is 231 g/mol. The van der Waals surface area contributed by atoms with Crippen molar-refractivity contribution in [1.29, 1.82) is 0 Å². The first-order valence-electron chi connectivity index (χ1n) is 2.75. The molecule has 1 aliphatic heterocycles. The lowest BCUT2D eigenvalue weighted by Gasteiger charge is -2.05. The van der Waals surface area contributed by atoms with E-state index in [2.05, 4.69) is 24.0 Å². The highest BCUT2D eigenvalue weighted by atomic mass is 79.9. The van der Waals surface area contributed by atoms with Crippen molar-refractivity contribution in [2.75, 3.05) is 19.4 Å². The molecule has 0 aliphatic carbocycles. The summed E-state index contributed by atoms with van der Waals surface area (Å²) in [6.07, 6.45) is 0.998. The van der Waals surface area contributed by atoms with E-state index in [0.29, 0.717) is 0 Å². The van der Waals surface area contributed by atoms with Gasteiger partial charge in [0.25, 0.3) is 0 Å². The molecule has 5 heteroatoms. The van der Waals surface area contributed by atoms with Gasteiger partial charge in [0.2, 0.25) is 0 Å². The number of rotatable bonds is 2. The summed E-state index contributed by atoms with van der Waals surface area (Å²) < 4.78 is 10.4. The molecule has 0 aromatic carbocycles. The van der Waals surface area contributed by atoms with Gasteiger partial charge in [-0.3, -0.25) is 0 Å². The smallest absolute Gasteiger partial charge is 0.162 e. The van der Waals surface area contributed by atoms with Crippen LogP contribution in [0.15, 0.2) is 0 Å². The third-order valence-corrected chi connectivity index (χ3v) is 3.31. The summed E-state index contributed by atoms with van der Waals surface area (Å²) in [7, 11) is 3.49. The van der Waals surface area contributed by atoms with Crippen molar-refractivity contribution in [2.24, 2.45) is 0 Å². The summed E-state index contributed by atoms with van der Waals surface area (Å²) in [5, 5.41) is 0. The minimum Gasteiger partial charge on any atom is -0.350 e. The lowest BCUT2D eigenvalue weighted by molar-refractivity contribution is -0.0217. The van der Waals surface area contributed by atoms with Crippen LogP contribution in [0.5, 0.6) is 0 Å². The molecule has 0 bridgehead atoms. The maximum atomic E-state index is 5.21. The zero-order chi connectivity index (χ0) is 6.69. The van der Waals surface area contributed by atoms with E-state index in [4.69, 9.17) is 9.47 Å². The summed E-state index contributed by atoms with van der Waals surface area (Å²) in [6.45, 7) is 1.50. The Morgan fingerprint density at radius 3 is 2.56 bits per heavy atom. The predicted molar refractivity (Wildman–Crippen MR) is 46.1 cm³/mol. The highest BCUT2D eigenvalue weighted by molar-refractivity contribution is 9.40. The molecule has 54 valence electrons. The Labute approximate surface area is 65.5 Å². The first-order chi connectivity index (χ1) is 4.29. The topological polar surface area (TPSA) is 18.5 Å². The molecular formula is C4H9BrO2P2. The van der Waals surface area contributed by atoms with E-state index in [1.54, 1.807) is 0 Å². The lowest BCUT2D eigenvalue weighted by Crippen LogP contribution is -2.08. The van der Waals surface area contributed by atoms with Crippen LogP contribution in [0.2, 0.25) is 0 Å². The largest absolute Gasteiger partial charge is 0.350 e. The molecular weight excluding hydrogens is 222 g/mol. The van der Waals surface area contributed by atoms with Crippen LogP contribution in [-0.4, -0.2) is 25.7 Å². The van der Waals surface area contributed by atoms with Gasteiger partial charge in [-0.2, -0.15) is 0 Å². The molecule has 2 nitrogen and oxygen atoms in total. The van der Waals surface area contributed by atoms with Gasteiger partial charge in [-0.1, -0.05) is 15.5 Å². The molecule has 0 amide bonds. The summed E-state index contributed by atoms with van der Waals surface area (Å²) in [5.41, 5.74) is 0. The van der Waals surface area contributed by atoms with Crippen molar-refractivity contribution >= 4 is 29.9 Å². The zero-order valence-electron chi connectivity index (χ0n) is 4.89. The highest BCUT2D eigenvalue weighted by Crippen LogP contribution is 2.38. The van der Waals surface area contributed by atoms with Gasteiger partial charge in [0, 0.05) is 6.16 Å². The fourth-order valence-corrected chi connectivity index (χ4v) is 2.49. The van der Waals surface area contributed by atoms with Crippen LogP contribution in [0.25, 0.3) is 0 Å². The summed E-state index contributed by atoms with van der Waals surface area (Å²) in [4.78, 5) is 0. The molecule has 9 heavy (non-hydrogen) atoms. The van der Waals surface area contributed by atoms with E-state index in [-0.39, 0.29) is 6.29 Å². The molecule has 0 radical (unpaired) electrons. The van der Waals surface area contributed by atoms with Crippen molar-refractivity contribution in [3.05, 3.63) is 0 Å². The minimum absolute atomic E-state index is 0.0377. The third kappa shape index (κ3) is 3.15. The van der Waals surface area contributed by atoms with Gasteiger partial charge in [-0.25, -0.2) is 0 Å². The van der Waals surface area contributed by atoms with E-state index in [1.165, 1.54) is 0 Å². The van der Waals surface area contributed by atoms with E-state index in [0.717, 1.165) is 19.4 Å². The van der Waals surface area contributed by atoms with Gasteiger partial charge < -0.3 is 9.47 Å². The number of hydrogen-bond donors (Lipinski definition) is 0. The molecule has 1 heterocycles. The van der Waals surface area contributed by atoms with Crippen molar-refractivity contribution < 1.29 is 9.47 Å². The molecule has 1 aliphatic rings. The van der Waals surface area contributed by atoms with Crippen LogP contribution in [0.1, 0.15) is 0 Å². The second-order valence-electron chi connectivity index (χ2n) is 1.78. The third-order valence-electron chi connectivity index (χ3n) is 1.04. The normalized spacial score (nSPS) is 24.6. The standard InChI is InChI=1S/C4H9BrO2P2/c5-9(8)3-4-6-1-2-7-4/h4,8-9H,1-3H2. The predicted octanol–water partition coefficient (Wildman–Crippen LogP) is 1.94. The Kier molecular flexibility index (Phi) is 3.75. The van der Waals surface area contributed by atoms with Crippen molar-refractivity contribution in [3.63, 3.8) is 0 Å². The number of ether oxygens (including phenoxy) is 2. The van der Waals surface area contributed by atoms with Crippen LogP contribution in [0.4, 0.5) is 0 Å². The number of halogens is 1. The first-order valence-corrected chi connectivity index (χ1v) is 8.21. The molecule has 1 fully saturated rings. The fourth-order valence-electron chi connectivity index (χ4n) is 0.671. The zero-order valence-corrected chi connectivity index (χ0v) is 8.48. The Hall–Kier alpha value is 1.13. The average Bonchev–Trinajstić information content (AvgIpc) is 2.15. The summed E-state index contributed by atoms with van der Waals surface area (Å²) in [6, 6.07) is 0. The van der Waals surface area contributed by atoms with Gasteiger partial charge in [-0.05, 0) is 5.91 Å². The first kappa shape index (κ1) is 8.23. The van der Waals surface area contributed by atoms with E-state index >= 15 is 0 Å². The SMILES string of the molecule is P=[PH](Br)CC1OCCO1. The van der Waals surface area contributed by atoms with Crippen molar-refractivity contribution in [1.82, 2.24) is 0 Å². The molecule has 1 unspecified atom stereocenters. The van der Waals surface area contributed by atoms with E-state index < -0.39 is 5.91 Å². The van der Waals surface area contributed by atoms with Crippen LogP contribution in [0, 0.1) is 0 Å². The molecule has 0 spiro atoms. The van der Waals surface area contributed by atoms with Gasteiger partial charge >= 0.3 is 0 Å². The van der Waals surface area contributed by atoms with Gasteiger partial charge in [-0.15, -0.1) is 8.53 Å². The quantitative estimate of drug-likeness (QED) is 0.676. The molecule has 0 aromatic rings.